The van der Waals surface area contributed by atoms with Crippen LogP contribution in [0.5, 0.6) is 5.75 Å². The van der Waals surface area contributed by atoms with E-state index in [1.54, 1.807) is 7.11 Å². The molecule has 4 rings (SSSR count). The fourth-order valence-corrected chi connectivity index (χ4v) is 4.30. The van der Waals surface area contributed by atoms with Crippen molar-refractivity contribution in [3.05, 3.63) is 65.5 Å². The van der Waals surface area contributed by atoms with Crippen LogP contribution < -0.4 is 19.9 Å². The summed E-state index contributed by atoms with van der Waals surface area (Å²) in [6.45, 7) is 14.7. The zero-order valence-corrected chi connectivity index (χ0v) is 21.4. The molecule has 1 fully saturated rings. The van der Waals surface area contributed by atoms with Crippen molar-refractivity contribution in [3.8, 4) is 5.75 Å². The molecule has 1 N–H and O–H groups in total. The molecular formula is C28H37N5O. The predicted molar refractivity (Wildman–Crippen MR) is 142 cm³/mol. The molecule has 34 heavy (non-hydrogen) atoms. The van der Waals surface area contributed by atoms with Gasteiger partial charge in [-0.15, -0.1) is 0 Å². The minimum absolute atomic E-state index is 0.0938. The number of benzene rings is 2. The molecule has 2 heterocycles. The Balaban J connectivity index is 1.51. The van der Waals surface area contributed by atoms with Crippen LogP contribution in [-0.4, -0.2) is 43.3 Å². The summed E-state index contributed by atoms with van der Waals surface area (Å²) in [4.78, 5) is 14.6. The summed E-state index contributed by atoms with van der Waals surface area (Å²) < 4.78 is 5.29. The van der Waals surface area contributed by atoms with E-state index in [2.05, 4.69) is 80.1 Å². The number of hydrogen-bond donors (Lipinski definition) is 1. The fourth-order valence-electron chi connectivity index (χ4n) is 4.30. The molecule has 0 saturated carbocycles. The van der Waals surface area contributed by atoms with Gasteiger partial charge >= 0.3 is 0 Å². The smallest absolute Gasteiger partial charge is 0.152 e. The maximum atomic E-state index is 5.29. The van der Waals surface area contributed by atoms with Crippen molar-refractivity contribution >= 4 is 23.0 Å². The first-order valence-electron chi connectivity index (χ1n) is 12.2. The van der Waals surface area contributed by atoms with Gasteiger partial charge in [-0.1, -0.05) is 39.8 Å². The van der Waals surface area contributed by atoms with Gasteiger partial charge in [0, 0.05) is 37.6 Å². The lowest BCUT2D eigenvalue weighted by molar-refractivity contribution is 0.415. The van der Waals surface area contributed by atoms with Crippen molar-refractivity contribution in [2.45, 2.75) is 46.5 Å². The number of hydrogen-bond acceptors (Lipinski definition) is 6. The summed E-state index contributed by atoms with van der Waals surface area (Å²) in [5, 5.41) is 3.54. The van der Waals surface area contributed by atoms with Crippen LogP contribution in [0.2, 0.25) is 0 Å². The molecule has 0 unspecified atom stereocenters. The molecule has 180 valence electrons. The van der Waals surface area contributed by atoms with E-state index < -0.39 is 0 Å². The topological polar surface area (TPSA) is 53.5 Å². The fraction of sp³-hybridized carbons (Fsp3) is 0.429. The molecule has 1 aliphatic heterocycles. The Morgan fingerprint density at radius 1 is 0.971 bits per heavy atom. The number of rotatable bonds is 6. The highest BCUT2D eigenvalue weighted by molar-refractivity contribution is 5.63. The highest BCUT2D eigenvalue weighted by Gasteiger charge is 2.22. The second kappa shape index (κ2) is 9.92. The Bertz CT molecular complexity index is 1110. The van der Waals surface area contributed by atoms with Gasteiger partial charge in [0.1, 0.15) is 5.75 Å². The molecule has 1 aliphatic rings. The number of piperazine rings is 1. The minimum Gasteiger partial charge on any atom is -0.497 e. The zero-order chi connectivity index (χ0) is 24.3. The van der Waals surface area contributed by atoms with Crippen molar-refractivity contribution in [1.29, 1.82) is 0 Å². The Kier molecular flexibility index (Phi) is 6.96. The molecule has 1 saturated heterocycles. The van der Waals surface area contributed by atoms with E-state index in [0.29, 0.717) is 0 Å². The quantitative estimate of drug-likeness (QED) is 0.509. The molecule has 0 atom stereocenters. The van der Waals surface area contributed by atoms with Crippen LogP contribution in [0.4, 0.5) is 23.0 Å². The molecule has 1 aromatic heterocycles. The van der Waals surface area contributed by atoms with Crippen LogP contribution in [0, 0.1) is 6.92 Å². The van der Waals surface area contributed by atoms with E-state index in [4.69, 9.17) is 14.7 Å². The first kappa shape index (κ1) is 23.9. The highest BCUT2D eigenvalue weighted by Crippen LogP contribution is 2.30. The van der Waals surface area contributed by atoms with Crippen LogP contribution in [0.25, 0.3) is 0 Å². The third-order valence-corrected chi connectivity index (χ3v) is 6.55. The molecule has 0 radical (unpaired) electrons. The average molecular weight is 460 g/mol. The van der Waals surface area contributed by atoms with Gasteiger partial charge in [0.2, 0.25) is 0 Å². The lowest BCUT2D eigenvalue weighted by Gasteiger charge is -2.37. The summed E-state index contributed by atoms with van der Waals surface area (Å²) in [5.74, 6) is 2.67. The Labute approximate surface area is 204 Å². The molecule has 0 bridgehead atoms. The number of ether oxygens (including phenoxy) is 1. The third-order valence-electron chi connectivity index (χ3n) is 6.55. The monoisotopic (exact) mass is 459 g/mol. The average Bonchev–Trinajstić information content (AvgIpc) is 2.85. The summed E-state index contributed by atoms with van der Waals surface area (Å²) in [6.07, 6.45) is 2.72. The molecule has 0 amide bonds. The first-order valence-corrected chi connectivity index (χ1v) is 12.2. The number of aryl methyl sites for hydroxylation is 2. The second-order valence-corrected chi connectivity index (χ2v) is 9.96. The van der Waals surface area contributed by atoms with Crippen molar-refractivity contribution in [1.82, 2.24) is 9.97 Å². The van der Waals surface area contributed by atoms with Crippen molar-refractivity contribution < 1.29 is 4.74 Å². The van der Waals surface area contributed by atoms with E-state index in [9.17, 15) is 0 Å². The van der Waals surface area contributed by atoms with E-state index in [1.165, 1.54) is 16.8 Å². The lowest BCUT2D eigenvalue weighted by Crippen LogP contribution is -2.47. The molecule has 6 nitrogen and oxygen atoms in total. The van der Waals surface area contributed by atoms with E-state index >= 15 is 0 Å². The molecular weight excluding hydrogens is 422 g/mol. The number of nitrogens with zero attached hydrogens (tertiary/aromatic N) is 4. The SMILES string of the molecule is CCc1ncc(Nc2cc(C(C)(C)C)ccc2C)nc1N1CCN(c2ccc(OC)cc2)CC1. The summed E-state index contributed by atoms with van der Waals surface area (Å²) in [6, 6.07) is 14.9. The molecule has 0 spiro atoms. The predicted octanol–water partition coefficient (Wildman–Crippen LogP) is 5.72. The Hall–Kier alpha value is -3.28. The van der Waals surface area contributed by atoms with Gasteiger partial charge in [-0.3, -0.25) is 4.98 Å². The standard InChI is InChI=1S/C28H37N5O/c1-7-24-27(33-16-14-32(15-17-33)22-10-12-23(34-6)13-11-22)31-26(19-29-24)30-25-18-21(28(3,4)5)9-8-20(25)2/h8-13,18-19H,7,14-17H2,1-6H3,(H,30,31). The first-order chi connectivity index (χ1) is 16.3. The van der Waals surface area contributed by atoms with Gasteiger partial charge < -0.3 is 19.9 Å². The highest BCUT2D eigenvalue weighted by atomic mass is 16.5. The molecule has 3 aromatic rings. The third kappa shape index (κ3) is 5.27. The van der Waals surface area contributed by atoms with Crippen molar-refractivity contribution in [2.24, 2.45) is 0 Å². The molecule has 2 aromatic carbocycles. The zero-order valence-electron chi connectivity index (χ0n) is 21.4. The largest absolute Gasteiger partial charge is 0.497 e. The van der Waals surface area contributed by atoms with Crippen LogP contribution in [0.1, 0.15) is 44.5 Å². The number of anilines is 4. The van der Waals surface area contributed by atoms with Gasteiger partial charge in [-0.2, -0.15) is 0 Å². The second-order valence-electron chi connectivity index (χ2n) is 9.96. The van der Waals surface area contributed by atoms with Crippen LogP contribution in [0.15, 0.2) is 48.7 Å². The summed E-state index contributed by atoms with van der Waals surface area (Å²) >= 11 is 0. The summed E-state index contributed by atoms with van der Waals surface area (Å²) in [7, 11) is 1.70. The van der Waals surface area contributed by atoms with Crippen LogP contribution in [0.3, 0.4) is 0 Å². The number of methoxy groups -OCH3 is 1. The Morgan fingerprint density at radius 2 is 1.65 bits per heavy atom. The summed E-state index contributed by atoms with van der Waals surface area (Å²) in [5.41, 5.74) is 5.95. The number of aromatic nitrogens is 2. The van der Waals surface area contributed by atoms with Gasteiger partial charge in [-0.25, -0.2) is 4.98 Å². The lowest BCUT2D eigenvalue weighted by atomic mass is 9.86. The van der Waals surface area contributed by atoms with Crippen LogP contribution >= 0.6 is 0 Å². The van der Waals surface area contributed by atoms with E-state index in [-0.39, 0.29) is 5.41 Å². The maximum Gasteiger partial charge on any atom is 0.152 e. The van der Waals surface area contributed by atoms with Gasteiger partial charge in [0.25, 0.3) is 0 Å². The van der Waals surface area contributed by atoms with Gasteiger partial charge in [0.05, 0.1) is 19.0 Å². The van der Waals surface area contributed by atoms with Gasteiger partial charge in [-0.05, 0) is 60.2 Å². The Morgan fingerprint density at radius 3 is 2.26 bits per heavy atom. The minimum atomic E-state index is 0.0938. The van der Waals surface area contributed by atoms with Crippen molar-refractivity contribution in [2.75, 3.05) is 48.4 Å². The molecule has 6 heteroatoms. The van der Waals surface area contributed by atoms with E-state index in [0.717, 1.165) is 61.4 Å². The van der Waals surface area contributed by atoms with Crippen LogP contribution in [-0.2, 0) is 11.8 Å². The van der Waals surface area contributed by atoms with Gasteiger partial charge in [0.15, 0.2) is 11.6 Å². The normalized spacial score (nSPS) is 14.3. The van der Waals surface area contributed by atoms with Crippen molar-refractivity contribution in [3.63, 3.8) is 0 Å². The number of nitrogens with one attached hydrogen (secondary N) is 1. The maximum absolute atomic E-state index is 5.29. The van der Waals surface area contributed by atoms with E-state index in [1.807, 2.05) is 18.3 Å². The molecule has 0 aliphatic carbocycles.